The molecule has 0 radical (unpaired) electrons. The Bertz CT molecular complexity index is 450. The molecule has 16 heavy (non-hydrogen) atoms. The van der Waals surface area contributed by atoms with Crippen molar-refractivity contribution in [3.05, 3.63) is 12.0 Å². The number of sulfonamides is 1. The Hall–Kier alpha value is -0.920. The SMILES string of the molecule is COC(C)(C)CNS(=O)(=O)c1cnc(C)[nH]1. The standard InChI is InChI=1S/C9H17N3O3S/c1-7-10-5-8(12-7)16(13,14)11-6-9(2,3)15-4/h5,11H,6H2,1-4H3,(H,10,12). The number of aromatic nitrogens is 2. The van der Waals surface area contributed by atoms with E-state index in [1.165, 1.54) is 13.3 Å². The summed E-state index contributed by atoms with van der Waals surface area (Å²) in [4.78, 5) is 6.51. The highest BCUT2D eigenvalue weighted by Gasteiger charge is 2.22. The molecule has 0 aromatic carbocycles. The van der Waals surface area contributed by atoms with E-state index in [1.807, 2.05) is 0 Å². The molecule has 0 aliphatic carbocycles. The van der Waals surface area contributed by atoms with Gasteiger partial charge < -0.3 is 9.72 Å². The quantitative estimate of drug-likeness (QED) is 0.790. The summed E-state index contributed by atoms with van der Waals surface area (Å²) >= 11 is 0. The van der Waals surface area contributed by atoms with E-state index in [0.717, 1.165) is 0 Å². The minimum absolute atomic E-state index is 0.0666. The second kappa shape index (κ2) is 4.52. The van der Waals surface area contributed by atoms with Crippen molar-refractivity contribution >= 4 is 10.0 Å². The number of aromatic amines is 1. The third-order valence-corrected chi connectivity index (χ3v) is 3.52. The van der Waals surface area contributed by atoms with Gasteiger partial charge >= 0.3 is 0 Å². The molecule has 1 aromatic heterocycles. The van der Waals surface area contributed by atoms with Crippen LogP contribution in [0.4, 0.5) is 0 Å². The fourth-order valence-corrected chi connectivity index (χ4v) is 2.12. The van der Waals surface area contributed by atoms with Crippen LogP contribution < -0.4 is 4.72 Å². The third kappa shape index (κ3) is 3.29. The summed E-state index contributed by atoms with van der Waals surface area (Å²) in [5.74, 6) is 0.561. The average molecular weight is 247 g/mol. The topological polar surface area (TPSA) is 84.1 Å². The van der Waals surface area contributed by atoms with Crippen LogP contribution in [0.25, 0.3) is 0 Å². The van der Waals surface area contributed by atoms with E-state index in [0.29, 0.717) is 5.82 Å². The number of rotatable bonds is 5. The lowest BCUT2D eigenvalue weighted by molar-refractivity contribution is 0.0276. The number of methoxy groups -OCH3 is 1. The van der Waals surface area contributed by atoms with E-state index in [9.17, 15) is 8.42 Å². The summed E-state index contributed by atoms with van der Waals surface area (Å²) in [6, 6.07) is 0. The first-order valence-corrected chi connectivity index (χ1v) is 6.31. The highest BCUT2D eigenvalue weighted by molar-refractivity contribution is 7.89. The minimum Gasteiger partial charge on any atom is -0.377 e. The van der Waals surface area contributed by atoms with Gasteiger partial charge in [-0.1, -0.05) is 0 Å². The van der Waals surface area contributed by atoms with Gasteiger partial charge in [0.15, 0.2) is 5.03 Å². The number of nitrogens with zero attached hydrogens (tertiary/aromatic N) is 1. The zero-order valence-electron chi connectivity index (χ0n) is 9.86. The summed E-state index contributed by atoms with van der Waals surface area (Å²) in [6.45, 7) is 5.49. The highest BCUT2D eigenvalue weighted by Crippen LogP contribution is 2.09. The Kier molecular flexibility index (Phi) is 3.72. The zero-order valence-corrected chi connectivity index (χ0v) is 10.7. The van der Waals surface area contributed by atoms with E-state index >= 15 is 0 Å². The van der Waals surface area contributed by atoms with Crippen LogP contribution in [0, 0.1) is 6.92 Å². The Morgan fingerprint density at radius 3 is 2.62 bits per heavy atom. The summed E-state index contributed by atoms with van der Waals surface area (Å²) in [7, 11) is -1.99. The molecule has 0 amide bonds. The number of ether oxygens (including phenoxy) is 1. The van der Waals surface area contributed by atoms with E-state index in [1.54, 1.807) is 20.8 Å². The normalized spacial score (nSPS) is 13.0. The van der Waals surface area contributed by atoms with Crippen molar-refractivity contribution in [3.63, 3.8) is 0 Å². The molecule has 0 atom stereocenters. The van der Waals surface area contributed by atoms with Gasteiger partial charge in [0.2, 0.25) is 0 Å². The van der Waals surface area contributed by atoms with Crippen molar-refractivity contribution in [2.75, 3.05) is 13.7 Å². The van der Waals surface area contributed by atoms with Crippen LogP contribution in [0.1, 0.15) is 19.7 Å². The lowest BCUT2D eigenvalue weighted by Crippen LogP contribution is -2.39. The van der Waals surface area contributed by atoms with Gasteiger partial charge in [0.05, 0.1) is 11.8 Å². The van der Waals surface area contributed by atoms with E-state index in [-0.39, 0.29) is 11.6 Å². The van der Waals surface area contributed by atoms with Crippen LogP contribution in [0.15, 0.2) is 11.2 Å². The van der Waals surface area contributed by atoms with Gasteiger partial charge in [0, 0.05) is 13.7 Å². The molecular weight excluding hydrogens is 230 g/mol. The molecule has 92 valence electrons. The van der Waals surface area contributed by atoms with Crippen molar-refractivity contribution in [2.24, 2.45) is 0 Å². The van der Waals surface area contributed by atoms with Crippen molar-refractivity contribution in [1.29, 1.82) is 0 Å². The lowest BCUT2D eigenvalue weighted by atomic mass is 10.1. The summed E-state index contributed by atoms with van der Waals surface area (Å²) in [5, 5.41) is 0.0666. The van der Waals surface area contributed by atoms with Crippen LogP contribution in [0.2, 0.25) is 0 Å². The Balaban J connectivity index is 2.74. The van der Waals surface area contributed by atoms with Crippen LogP contribution in [0.3, 0.4) is 0 Å². The fraction of sp³-hybridized carbons (Fsp3) is 0.667. The summed E-state index contributed by atoms with van der Waals surface area (Å²) in [5.41, 5.74) is -0.540. The molecule has 0 aliphatic rings. The van der Waals surface area contributed by atoms with Gasteiger partial charge in [-0.2, -0.15) is 0 Å². The Morgan fingerprint density at radius 1 is 1.56 bits per heavy atom. The number of hydrogen-bond acceptors (Lipinski definition) is 4. The molecule has 2 N–H and O–H groups in total. The van der Waals surface area contributed by atoms with Gasteiger partial charge in [0.25, 0.3) is 10.0 Å². The number of aryl methyl sites for hydroxylation is 1. The highest BCUT2D eigenvalue weighted by atomic mass is 32.2. The fourth-order valence-electron chi connectivity index (χ4n) is 0.954. The van der Waals surface area contributed by atoms with Crippen LogP contribution >= 0.6 is 0 Å². The van der Waals surface area contributed by atoms with Gasteiger partial charge in [0.1, 0.15) is 5.82 Å². The smallest absolute Gasteiger partial charge is 0.257 e. The average Bonchev–Trinajstić information content (AvgIpc) is 2.63. The van der Waals surface area contributed by atoms with Crippen LogP contribution in [-0.4, -0.2) is 37.6 Å². The maximum absolute atomic E-state index is 11.8. The molecule has 1 heterocycles. The molecule has 1 rings (SSSR count). The van der Waals surface area contributed by atoms with Crippen molar-refractivity contribution in [3.8, 4) is 0 Å². The van der Waals surface area contributed by atoms with E-state index in [2.05, 4.69) is 14.7 Å². The van der Waals surface area contributed by atoms with Gasteiger partial charge in [-0.3, -0.25) is 0 Å². The Labute approximate surface area is 95.5 Å². The van der Waals surface area contributed by atoms with Crippen molar-refractivity contribution in [1.82, 2.24) is 14.7 Å². The second-order valence-corrected chi connectivity index (χ2v) is 5.86. The lowest BCUT2D eigenvalue weighted by Gasteiger charge is -2.22. The molecule has 0 saturated carbocycles. The number of H-pyrrole nitrogens is 1. The number of nitrogens with one attached hydrogen (secondary N) is 2. The van der Waals surface area contributed by atoms with Crippen molar-refractivity contribution in [2.45, 2.75) is 31.4 Å². The summed E-state index contributed by atoms with van der Waals surface area (Å²) in [6.07, 6.45) is 1.29. The molecule has 0 spiro atoms. The predicted molar refractivity (Wildman–Crippen MR) is 59.6 cm³/mol. The first-order valence-electron chi connectivity index (χ1n) is 4.83. The van der Waals surface area contributed by atoms with E-state index in [4.69, 9.17) is 4.74 Å². The molecular formula is C9H17N3O3S. The second-order valence-electron chi connectivity index (χ2n) is 4.12. The first-order chi connectivity index (χ1) is 7.27. The predicted octanol–water partition coefficient (Wildman–Crippen LogP) is 0.421. The third-order valence-electron chi connectivity index (χ3n) is 2.21. The molecule has 0 fully saturated rings. The summed E-state index contributed by atoms with van der Waals surface area (Å²) < 4.78 is 31.1. The molecule has 0 aliphatic heterocycles. The molecule has 6 nitrogen and oxygen atoms in total. The number of imidazole rings is 1. The van der Waals surface area contributed by atoms with Crippen molar-refractivity contribution < 1.29 is 13.2 Å². The number of hydrogen-bond donors (Lipinski definition) is 2. The molecule has 7 heteroatoms. The van der Waals surface area contributed by atoms with Gasteiger partial charge in [-0.15, -0.1) is 0 Å². The minimum atomic E-state index is -3.53. The largest absolute Gasteiger partial charge is 0.377 e. The molecule has 0 saturated heterocycles. The van der Waals surface area contributed by atoms with Gasteiger partial charge in [-0.25, -0.2) is 18.1 Å². The maximum Gasteiger partial charge on any atom is 0.257 e. The first kappa shape index (κ1) is 13.1. The maximum atomic E-state index is 11.8. The van der Waals surface area contributed by atoms with Crippen LogP contribution in [0.5, 0.6) is 0 Å². The molecule has 1 aromatic rings. The van der Waals surface area contributed by atoms with Crippen LogP contribution in [-0.2, 0) is 14.8 Å². The monoisotopic (exact) mass is 247 g/mol. The van der Waals surface area contributed by atoms with Gasteiger partial charge in [-0.05, 0) is 20.8 Å². The van der Waals surface area contributed by atoms with E-state index < -0.39 is 15.6 Å². The zero-order chi connectivity index (χ0) is 12.4. The molecule has 0 unspecified atom stereocenters. The molecule has 0 bridgehead atoms. The Morgan fingerprint density at radius 2 is 2.19 bits per heavy atom.